The molecule has 0 bridgehead atoms. The van der Waals surface area contributed by atoms with E-state index in [2.05, 4.69) is 48.5 Å². The van der Waals surface area contributed by atoms with Gasteiger partial charge < -0.3 is 25.0 Å². The smallest absolute Gasteiger partial charge is 0.191 e. The zero-order valence-corrected chi connectivity index (χ0v) is 17.8. The number of unbranched alkanes of at least 4 members (excludes halogenated alkanes) is 5. The minimum Gasteiger partial charge on any atom is -0.379 e. The van der Waals surface area contributed by atoms with Crippen molar-refractivity contribution in [1.29, 1.82) is 0 Å². The first kappa shape index (κ1) is 25.1. The number of hydrogen-bond donors (Lipinski definition) is 2. The van der Waals surface area contributed by atoms with E-state index in [1.54, 1.807) is 0 Å². The van der Waals surface area contributed by atoms with Crippen molar-refractivity contribution in [2.75, 3.05) is 66.7 Å². The second-order valence-corrected chi connectivity index (χ2v) is 6.84. The van der Waals surface area contributed by atoms with Gasteiger partial charge in [-0.3, -0.25) is 4.99 Å². The molecule has 2 N–H and O–H groups in total. The van der Waals surface area contributed by atoms with Crippen LogP contribution in [-0.4, -0.2) is 77.6 Å². The lowest BCUT2D eigenvalue weighted by Gasteiger charge is -2.12. The maximum Gasteiger partial charge on any atom is 0.191 e. The lowest BCUT2D eigenvalue weighted by Crippen LogP contribution is -2.39. The first-order valence-electron chi connectivity index (χ1n) is 10.5. The summed E-state index contributed by atoms with van der Waals surface area (Å²) in [5, 5.41) is 6.61. The van der Waals surface area contributed by atoms with Crippen LogP contribution in [0.15, 0.2) is 4.99 Å². The maximum atomic E-state index is 5.57. The van der Waals surface area contributed by atoms with Gasteiger partial charge in [0.15, 0.2) is 5.96 Å². The molecule has 0 aliphatic heterocycles. The molecule has 0 saturated carbocycles. The van der Waals surface area contributed by atoms with Gasteiger partial charge in [0.05, 0.1) is 19.8 Å². The Bertz CT molecular complexity index is 312. The number of nitrogens with zero attached hydrogens (tertiary/aromatic N) is 2. The van der Waals surface area contributed by atoms with Gasteiger partial charge in [-0.15, -0.1) is 0 Å². The van der Waals surface area contributed by atoms with Crippen molar-refractivity contribution in [2.45, 2.75) is 58.8 Å². The molecule has 0 saturated heterocycles. The highest BCUT2D eigenvalue weighted by Crippen LogP contribution is 2.03. The van der Waals surface area contributed by atoms with Gasteiger partial charge in [0.2, 0.25) is 0 Å². The van der Waals surface area contributed by atoms with Crippen LogP contribution in [0.25, 0.3) is 0 Å². The van der Waals surface area contributed by atoms with Crippen LogP contribution in [0.5, 0.6) is 0 Å². The molecule has 0 unspecified atom stereocenters. The van der Waals surface area contributed by atoms with E-state index in [0.717, 1.165) is 45.0 Å². The molecule has 0 spiro atoms. The van der Waals surface area contributed by atoms with Crippen molar-refractivity contribution in [3.63, 3.8) is 0 Å². The van der Waals surface area contributed by atoms with Gasteiger partial charge in [0.1, 0.15) is 0 Å². The quantitative estimate of drug-likeness (QED) is 0.220. The normalized spacial score (nSPS) is 12.0. The van der Waals surface area contributed by atoms with Gasteiger partial charge >= 0.3 is 0 Å². The Balaban J connectivity index is 3.57. The highest BCUT2D eigenvalue weighted by molar-refractivity contribution is 5.79. The highest BCUT2D eigenvalue weighted by Gasteiger charge is 1.97. The fourth-order valence-corrected chi connectivity index (χ4v) is 2.41. The minimum atomic E-state index is 0.660. The highest BCUT2D eigenvalue weighted by atomic mass is 16.5. The molecule has 26 heavy (non-hydrogen) atoms. The Morgan fingerprint density at radius 1 is 0.808 bits per heavy atom. The Morgan fingerprint density at radius 2 is 1.50 bits per heavy atom. The molecule has 0 aliphatic carbocycles. The van der Waals surface area contributed by atoms with Crippen molar-refractivity contribution in [3.8, 4) is 0 Å². The van der Waals surface area contributed by atoms with Crippen molar-refractivity contribution in [2.24, 2.45) is 4.99 Å². The van der Waals surface area contributed by atoms with Crippen LogP contribution in [0.3, 0.4) is 0 Å². The molecule has 0 fully saturated rings. The Labute approximate surface area is 162 Å². The van der Waals surface area contributed by atoms with Crippen LogP contribution in [0, 0.1) is 0 Å². The van der Waals surface area contributed by atoms with E-state index in [9.17, 15) is 0 Å². The SMILES string of the molecule is CCCCOCCOCCNC(=NCCCCCCCN(C)C)NCC. The van der Waals surface area contributed by atoms with Crippen LogP contribution >= 0.6 is 0 Å². The third kappa shape index (κ3) is 19.5. The number of aliphatic imine (C=N–C) groups is 1. The molecule has 0 rings (SSSR count). The van der Waals surface area contributed by atoms with E-state index in [1.807, 2.05) is 0 Å². The zero-order chi connectivity index (χ0) is 19.3. The van der Waals surface area contributed by atoms with Crippen molar-refractivity contribution < 1.29 is 9.47 Å². The van der Waals surface area contributed by atoms with E-state index in [0.29, 0.717) is 19.8 Å². The molecular weight excluding hydrogens is 328 g/mol. The molecule has 6 heteroatoms. The van der Waals surface area contributed by atoms with Gasteiger partial charge in [-0.25, -0.2) is 0 Å². The second kappa shape index (κ2) is 20.5. The minimum absolute atomic E-state index is 0.660. The largest absolute Gasteiger partial charge is 0.379 e. The van der Waals surface area contributed by atoms with Crippen LogP contribution in [0.2, 0.25) is 0 Å². The van der Waals surface area contributed by atoms with Gasteiger partial charge in [0.25, 0.3) is 0 Å². The second-order valence-electron chi connectivity index (χ2n) is 6.84. The molecule has 0 aromatic rings. The van der Waals surface area contributed by atoms with E-state index >= 15 is 0 Å². The lowest BCUT2D eigenvalue weighted by molar-refractivity contribution is 0.0487. The third-order valence-electron chi connectivity index (χ3n) is 3.93. The third-order valence-corrected chi connectivity index (χ3v) is 3.93. The standard InChI is InChI=1S/C20H44N4O2/c1-5-7-16-25-18-19-26-17-14-23-20(21-6-2)22-13-11-9-8-10-12-15-24(3)4/h5-19H2,1-4H3,(H2,21,22,23). The van der Waals surface area contributed by atoms with Gasteiger partial charge in [-0.1, -0.05) is 32.6 Å². The van der Waals surface area contributed by atoms with Gasteiger partial charge in [0, 0.05) is 26.2 Å². The predicted molar refractivity (Wildman–Crippen MR) is 112 cm³/mol. The molecule has 156 valence electrons. The van der Waals surface area contributed by atoms with Crippen LogP contribution in [-0.2, 0) is 9.47 Å². The topological polar surface area (TPSA) is 58.1 Å². The van der Waals surface area contributed by atoms with E-state index in [4.69, 9.17) is 9.47 Å². The van der Waals surface area contributed by atoms with Crippen LogP contribution in [0.4, 0.5) is 0 Å². The zero-order valence-electron chi connectivity index (χ0n) is 17.8. The van der Waals surface area contributed by atoms with E-state index in [-0.39, 0.29) is 0 Å². The number of rotatable bonds is 18. The molecule has 6 nitrogen and oxygen atoms in total. The number of guanidine groups is 1. The van der Waals surface area contributed by atoms with Crippen molar-refractivity contribution in [1.82, 2.24) is 15.5 Å². The van der Waals surface area contributed by atoms with Crippen LogP contribution < -0.4 is 10.6 Å². The Hall–Kier alpha value is -0.850. The predicted octanol–water partition coefficient (Wildman–Crippen LogP) is 2.89. The average molecular weight is 373 g/mol. The first-order chi connectivity index (χ1) is 12.7. The Kier molecular flexibility index (Phi) is 19.8. The number of nitrogens with one attached hydrogen (secondary N) is 2. The van der Waals surface area contributed by atoms with E-state index < -0.39 is 0 Å². The summed E-state index contributed by atoms with van der Waals surface area (Å²) in [5.74, 6) is 0.892. The molecule has 0 radical (unpaired) electrons. The monoisotopic (exact) mass is 372 g/mol. The molecule has 0 aliphatic rings. The Morgan fingerprint density at radius 3 is 2.19 bits per heavy atom. The summed E-state index contributed by atoms with van der Waals surface area (Å²) < 4.78 is 11.0. The molecule has 0 amide bonds. The first-order valence-corrected chi connectivity index (χ1v) is 10.5. The summed E-state index contributed by atoms with van der Waals surface area (Å²) in [6.07, 6.45) is 8.64. The molecular formula is C20H44N4O2. The summed E-state index contributed by atoms with van der Waals surface area (Å²) >= 11 is 0. The fraction of sp³-hybridized carbons (Fsp3) is 0.950. The number of ether oxygens (including phenoxy) is 2. The summed E-state index contributed by atoms with van der Waals surface area (Å²) in [5.41, 5.74) is 0. The van der Waals surface area contributed by atoms with Crippen molar-refractivity contribution >= 4 is 5.96 Å². The lowest BCUT2D eigenvalue weighted by atomic mass is 10.1. The molecule has 0 aromatic heterocycles. The fourth-order valence-electron chi connectivity index (χ4n) is 2.41. The van der Waals surface area contributed by atoms with Crippen molar-refractivity contribution in [3.05, 3.63) is 0 Å². The maximum absolute atomic E-state index is 5.57. The molecule has 0 atom stereocenters. The van der Waals surface area contributed by atoms with Crippen LogP contribution in [0.1, 0.15) is 58.8 Å². The molecule has 0 aromatic carbocycles. The number of hydrogen-bond acceptors (Lipinski definition) is 4. The average Bonchev–Trinajstić information content (AvgIpc) is 2.62. The summed E-state index contributed by atoms with van der Waals surface area (Å²) in [6.45, 7) is 10.8. The van der Waals surface area contributed by atoms with Gasteiger partial charge in [-0.2, -0.15) is 0 Å². The summed E-state index contributed by atoms with van der Waals surface area (Å²) in [7, 11) is 4.27. The summed E-state index contributed by atoms with van der Waals surface area (Å²) in [4.78, 5) is 6.88. The summed E-state index contributed by atoms with van der Waals surface area (Å²) in [6, 6.07) is 0. The van der Waals surface area contributed by atoms with Gasteiger partial charge in [-0.05, 0) is 46.8 Å². The van der Waals surface area contributed by atoms with E-state index in [1.165, 1.54) is 38.6 Å². The molecule has 0 heterocycles.